The Morgan fingerprint density at radius 1 is 1.42 bits per heavy atom. The number of amides is 1. The summed E-state index contributed by atoms with van der Waals surface area (Å²) in [7, 11) is 0. The number of benzene rings is 1. The quantitative estimate of drug-likeness (QED) is 0.485. The van der Waals surface area contributed by atoms with E-state index < -0.39 is 0 Å². The minimum absolute atomic E-state index is 0.0589. The number of thiocarbonyl (C=S) groups is 1. The SMILES string of the molecule is C=C/C(=C\N=CC)C1CCCCN1C(=S)NC(=O)Cc1ccc(F)cc1. The van der Waals surface area contributed by atoms with E-state index in [2.05, 4.69) is 16.9 Å². The van der Waals surface area contributed by atoms with Crippen LogP contribution in [-0.4, -0.2) is 34.7 Å². The number of piperidine rings is 1. The van der Waals surface area contributed by atoms with Gasteiger partial charge in [0.2, 0.25) is 5.91 Å². The van der Waals surface area contributed by atoms with Crippen LogP contribution in [0.15, 0.2) is 53.7 Å². The number of rotatable bonds is 5. The van der Waals surface area contributed by atoms with Gasteiger partial charge in [-0.05, 0) is 61.7 Å². The van der Waals surface area contributed by atoms with Crippen molar-refractivity contribution in [3.8, 4) is 0 Å². The van der Waals surface area contributed by atoms with E-state index in [9.17, 15) is 9.18 Å². The van der Waals surface area contributed by atoms with E-state index in [1.54, 1.807) is 30.6 Å². The maximum Gasteiger partial charge on any atom is 0.230 e. The molecular weight excluding hydrogens is 349 g/mol. The molecule has 4 nitrogen and oxygen atoms in total. The molecule has 0 radical (unpaired) electrons. The van der Waals surface area contributed by atoms with E-state index >= 15 is 0 Å². The number of aliphatic imine (C=N–C) groups is 1. The van der Waals surface area contributed by atoms with Gasteiger partial charge in [0.25, 0.3) is 0 Å². The van der Waals surface area contributed by atoms with Gasteiger partial charge in [0, 0.05) is 19.0 Å². The van der Waals surface area contributed by atoms with Gasteiger partial charge < -0.3 is 10.2 Å². The highest BCUT2D eigenvalue weighted by molar-refractivity contribution is 7.80. The van der Waals surface area contributed by atoms with Gasteiger partial charge in [-0.1, -0.05) is 24.8 Å². The Hall–Kier alpha value is -2.34. The molecule has 1 aliphatic rings. The van der Waals surface area contributed by atoms with Crippen molar-refractivity contribution in [3.05, 3.63) is 60.1 Å². The van der Waals surface area contributed by atoms with Gasteiger partial charge in [-0.2, -0.15) is 0 Å². The van der Waals surface area contributed by atoms with Crippen LogP contribution in [0.5, 0.6) is 0 Å². The number of hydrogen-bond donors (Lipinski definition) is 1. The van der Waals surface area contributed by atoms with Crippen molar-refractivity contribution in [1.82, 2.24) is 10.2 Å². The van der Waals surface area contributed by atoms with Gasteiger partial charge in [0.05, 0.1) is 12.5 Å². The van der Waals surface area contributed by atoms with Crippen molar-refractivity contribution >= 4 is 29.5 Å². The van der Waals surface area contributed by atoms with Gasteiger partial charge in [0.15, 0.2) is 5.11 Å². The Bertz CT molecular complexity index is 712. The largest absolute Gasteiger partial charge is 0.342 e. The highest BCUT2D eigenvalue weighted by Crippen LogP contribution is 2.24. The van der Waals surface area contributed by atoms with Crippen LogP contribution in [0.1, 0.15) is 31.7 Å². The van der Waals surface area contributed by atoms with Gasteiger partial charge >= 0.3 is 0 Å². The molecule has 138 valence electrons. The average Bonchev–Trinajstić information content (AvgIpc) is 2.64. The first-order valence-electron chi connectivity index (χ1n) is 8.70. The first-order chi connectivity index (χ1) is 12.5. The van der Waals surface area contributed by atoms with Crippen LogP contribution in [0.2, 0.25) is 0 Å². The summed E-state index contributed by atoms with van der Waals surface area (Å²) in [4.78, 5) is 18.5. The van der Waals surface area contributed by atoms with Crippen LogP contribution in [0.25, 0.3) is 0 Å². The number of hydrogen-bond acceptors (Lipinski definition) is 3. The number of carbonyl (C=O) groups is 1. The number of likely N-dealkylation sites (tertiary alicyclic amines) is 1. The Balaban J connectivity index is 2.04. The van der Waals surface area contributed by atoms with Crippen LogP contribution in [0, 0.1) is 5.82 Å². The normalized spacial score (nSPS) is 18.0. The summed E-state index contributed by atoms with van der Waals surface area (Å²) in [6.45, 7) is 6.51. The highest BCUT2D eigenvalue weighted by atomic mass is 32.1. The van der Waals surface area contributed by atoms with Crippen molar-refractivity contribution in [2.45, 2.75) is 38.6 Å². The van der Waals surface area contributed by atoms with Gasteiger partial charge in [-0.3, -0.25) is 9.79 Å². The zero-order chi connectivity index (χ0) is 18.9. The first kappa shape index (κ1) is 20.0. The molecule has 1 N–H and O–H groups in total. The standard InChI is InChI=1S/C20H24FN3OS/c1-3-16(14-22-4-2)18-7-5-6-12-24(18)20(26)23-19(25)13-15-8-10-17(21)11-9-15/h3-4,8-11,14,18H,1,5-7,12-13H2,2H3,(H,23,25,26)/b16-14+,22-4?. The summed E-state index contributed by atoms with van der Waals surface area (Å²) >= 11 is 5.48. The lowest BCUT2D eigenvalue weighted by Gasteiger charge is -2.38. The van der Waals surface area contributed by atoms with E-state index in [-0.39, 0.29) is 24.2 Å². The third-order valence-corrected chi connectivity index (χ3v) is 4.62. The summed E-state index contributed by atoms with van der Waals surface area (Å²) < 4.78 is 13.0. The molecule has 0 saturated carbocycles. The van der Waals surface area contributed by atoms with E-state index in [4.69, 9.17) is 12.2 Å². The number of nitrogens with one attached hydrogen (secondary N) is 1. The highest BCUT2D eigenvalue weighted by Gasteiger charge is 2.27. The fourth-order valence-electron chi connectivity index (χ4n) is 2.98. The van der Waals surface area contributed by atoms with Crippen LogP contribution in [0.3, 0.4) is 0 Å². The van der Waals surface area contributed by atoms with Gasteiger partial charge in [-0.15, -0.1) is 0 Å². The molecule has 0 aromatic heterocycles. The van der Waals surface area contributed by atoms with Crippen molar-refractivity contribution in [1.29, 1.82) is 0 Å². The summed E-state index contributed by atoms with van der Waals surface area (Å²) in [5, 5.41) is 3.21. The molecular formula is C20H24FN3OS. The molecule has 0 spiro atoms. The average molecular weight is 373 g/mol. The Morgan fingerprint density at radius 3 is 2.81 bits per heavy atom. The molecule has 6 heteroatoms. The molecule has 1 saturated heterocycles. The minimum Gasteiger partial charge on any atom is -0.342 e. The molecule has 1 atom stereocenters. The van der Waals surface area contributed by atoms with Crippen molar-refractivity contribution in [2.75, 3.05) is 6.54 Å². The maximum atomic E-state index is 13.0. The lowest BCUT2D eigenvalue weighted by atomic mass is 9.96. The van der Waals surface area contributed by atoms with Crippen LogP contribution >= 0.6 is 12.2 Å². The topological polar surface area (TPSA) is 44.7 Å². The third-order valence-electron chi connectivity index (χ3n) is 4.28. The Kier molecular flexibility index (Phi) is 7.66. The predicted octanol–water partition coefficient (Wildman–Crippen LogP) is 3.78. The molecule has 1 heterocycles. The lowest BCUT2D eigenvalue weighted by molar-refractivity contribution is -0.119. The second-order valence-corrected chi connectivity index (χ2v) is 6.49. The van der Waals surface area contributed by atoms with E-state index in [1.807, 2.05) is 11.8 Å². The lowest BCUT2D eigenvalue weighted by Crippen LogP contribution is -2.50. The summed E-state index contributed by atoms with van der Waals surface area (Å²) in [5.41, 5.74) is 1.73. The summed E-state index contributed by atoms with van der Waals surface area (Å²) in [5.74, 6) is -0.527. The van der Waals surface area contributed by atoms with Gasteiger partial charge in [-0.25, -0.2) is 4.39 Å². The monoisotopic (exact) mass is 373 g/mol. The maximum absolute atomic E-state index is 13.0. The fourth-order valence-corrected chi connectivity index (χ4v) is 3.31. The van der Waals surface area contributed by atoms with E-state index in [1.165, 1.54) is 12.1 Å². The van der Waals surface area contributed by atoms with Crippen LogP contribution in [0.4, 0.5) is 4.39 Å². The molecule has 2 rings (SSSR count). The molecule has 1 fully saturated rings. The van der Waals surface area contributed by atoms with Crippen LogP contribution in [-0.2, 0) is 11.2 Å². The molecule has 0 aliphatic carbocycles. The Labute approximate surface area is 159 Å². The number of carbonyl (C=O) groups excluding carboxylic acids is 1. The fraction of sp³-hybridized carbons (Fsp3) is 0.350. The predicted molar refractivity (Wildman–Crippen MR) is 108 cm³/mol. The molecule has 0 bridgehead atoms. The van der Waals surface area contributed by atoms with Crippen molar-refractivity contribution in [3.63, 3.8) is 0 Å². The zero-order valence-corrected chi connectivity index (χ0v) is 15.8. The van der Waals surface area contributed by atoms with Gasteiger partial charge in [0.1, 0.15) is 5.82 Å². The second-order valence-electron chi connectivity index (χ2n) is 6.10. The van der Waals surface area contributed by atoms with Crippen molar-refractivity contribution < 1.29 is 9.18 Å². The summed E-state index contributed by atoms with van der Waals surface area (Å²) in [6, 6.07) is 5.95. The number of nitrogens with zero attached hydrogens (tertiary/aromatic N) is 2. The molecule has 1 aromatic carbocycles. The summed E-state index contributed by atoms with van der Waals surface area (Å²) in [6.07, 6.45) is 8.51. The number of halogens is 1. The molecule has 26 heavy (non-hydrogen) atoms. The van der Waals surface area contributed by atoms with E-state index in [0.717, 1.165) is 36.9 Å². The smallest absolute Gasteiger partial charge is 0.230 e. The molecule has 1 unspecified atom stereocenters. The first-order valence-corrected chi connectivity index (χ1v) is 9.11. The third kappa shape index (κ3) is 5.59. The van der Waals surface area contributed by atoms with Crippen molar-refractivity contribution in [2.24, 2.45) is 4.99 Å². The zero-order valence-electron chi connectivity index (χ0n) is 15.0. The molecule has 1 aromatic rings. The van der Waals surface area contributed by atoms with E-state index in [0.29, 0.717) is 5.11 Å². The molecule has 1 aliphatic heterocycles. The molecule has 1 amide bonds. The van der Waals surface area contributed by atoms with Crippen LogP contribution < -0.4 is 5.32 Å². The second kappa shape index (κ2) is 9.97. The minimum atomic E-state index is -0.320. The Morgan fingerprint density at radius 2 is 2.15 bits per heavy atom.